The van der Waals surface area contributed by atoms with Gasteiger partial charge in [0, 0.05) is 15.6 Å². The van der Waals surface area contributed by atoms with Gasteiger partial charge in [-0.2, -0.15) is 0 Å². The maximum Gasteiger partial charge on any atom is 0.231 e. The molecular weight excluding hydrogens is 302 g/mol. The van der Waals surface area contributed by atoms with Crippen molar-refractivity contribution in [2.75, 3.05) is 6.79 Å². The van der Waals surface area contributed by atoms with Gasteiger partial charge in [0.05, 0.1) is 0 Å². The smallest absolute Gasteiger partial charge is 0.231 e. The van der Waals surface area contributed by atoms with Crippen LogP contribution in [-0.4, -0.2) is 11.8 Å². The number of hydrogen-bond donors (Lipinski definition) is 0. The van der Waals surface area contributed by atoms with Crippen molar-refractivity contribution in [3.05, 3.63) is 42.5 Å². The molecule has 3 nitrogen and oxygen atoms in total. The van der Waals surface area contributed by atoms with Gasteiger partial charge in [0.1, 0.15) is 14.5 Å². The van der Waals surface area contributed by atoms with Crippen LogP contribution in [0.25, 0.3) is 30.2 Å². The van der Waals surface area contributed by atoms with Crippen LogP contribution >= 0.6 is 22.7 Å². The molecule has 3 heterocycles. The van der Waals surface area contributed by atoms with Gasteiger partial charge in [-0.25, -0.2) is 4.98 Å². The molecule has 21 heavy (non-hydrogen) atoms. The number of rotatable bonds is 1. The van der Waals surface area contributed by atoms with E-state index in [-0.39, 0.29) is 0 Å². The predicted molar refractivity (Wildman–Crippen MR) is 86.6 cm³/mol. The van der Waals surface area contributed by atoms with Crippen molar-refractivity contribution in [2.24, 2.45) is 0 Å². The molecule has 0 saturated carbocycles. The topological polar surface area (TPSA) is 31.4 Å². The fourth-order valence-electron chi connectivity index (χ4n) is 2.55. The first kappa shape index (κ1) is 11.5. The number of benzene rings is 2. The molecule has 0 spiro atoms. The first-order valence-electron chi connectivity index (χ1n) is 6.56. The Kier molecular flexibility index (Phi) is 2.30. The Morgan fingerprint density at radius 3 is 2.86 bits per heavy atom. The molecular formula is C16H9NO2S2. The Labute approximate surface area is 128 Å². The van der Waals surface area contributed by atoms with Gasteiger partial charge in [0.25, 0.3) is 0 Å². The number of ether oxygens (including phenoxy) is 2. The van der Waals surface area contributed by atoms with Crippen LogP contribution in [0.4, 0.5) is 0 Å². The third-order valence-electron chi connectivity index (χ3n) is 3.56. The van der Waals surface area contributed by atoms with Gasteiger partial charge in [0.2, 0.25) is 6.79 Å². The van der Waals surface area contributed by atoms with Crippen LogP contribution in [0.5, 0.6) is 11.5 Å². The average Bonchev–Trinajstić information content (AvgIpc) is 3.19. The molecule has 0 saturated heterocycles. The van der Waals surface area contributed by atoms with Crippen molar-refractivity contribution in [3.8, 4) is 22.1 Å². The van der Waals surface area contributed by atoms with E-state index in [4.69, 9.17) is 14.5 Å². The van der Waals surface area contributed by atoms with E-state index in [1.807, 2.05) is 18.2 Å². The number of hydrogen-bond acceptors (Lipinski definition) is 5. The largest absolute Gasteiger partial charge is 0.454 e. The van der Waals surface area contributed by atoms with Crippen LogP contribution in [0, 0.1) is 0 Å². The molecule has 0 bridgehead atoms. The minimum Gasteiger partial charge on any atom is -0.454 e. The quantitative estimate of drug-likeness (QED) is 0.500. The lowest BCUT2D eigenvalue weighted by atomic mass is 10.2. The zero-order chi connectivity index (χ0) is 13.8. The van der Waals surface area contributed by atoms with E-state index in [0.717, 1.165) is 27.6 Å². The highest BCUT2D eigenvalue weighted by atomic mass is 32.2. The highest BCUT2D eigenvalue weighted by Crippen LogP contribution is 2.42. The van der Waals surface area contributed by atoms with Gasteiger partial charge in [-0.05, 0) is 24.3 Å². The summed E-state index contributed by atoms with van der Waals surface area (Å²) in [6.07, 6.45) is 0. The second-order valence-corrected chi connectivity index (χ2v) is 7.13. The van der Waals surface area contributed by atoms with Gasteiger partial charge >= 0.3 is 0 Å². The molecule has 0 radical (unpaired) electrons. The first-order valence-corrected chi connectivity index (χ1v) is 8.20. The van der Waals surface area contributed by atoms with Crippen LogP contribution in [0.15, 0.2) is 42.5 Å². The van der Waals surface area contributed by atoms with Crippen molar-refractivity contribution in [1.82, 2.24) is 4.98 Å². The van der Waals surface area contributed by atoms with Crippen LogP contribution in [0.2, 0.25) is 0 Å². The first-order chi connectivity index (χ1) is 10.4. The summed E-state index contributed by atoms with van der Waals surface area (Å²) >= 11 is 3.54. The number of thiophene rings is 1. The number of fused-ring (bicyclic) bond motifs is 4. The molecule has 0 amide bonds. The summed E-state index contributed by atoms with van der Waals surface area (Å²) in [5.74, 6) is 1.61. The van der Waals surface area contributed by atoms with Gasteiger partial charge in [-0.1, -0.05) is 18.2 Å². The van der Waals surface area contributed by atoms with Gasteiger partial charge in [-0.15, -0.1) is 22.7 Å². The third-order valence-corrected chi connectivity index (χ3v) is 5.91. The molecule has 0 fully saturated rings. The van der Waals surface area contributed by atoms with Crippen LogP contribution in [-0.2, 0) is 0 Å². The highest BCUT2D eigenvalue weighted by Gasteiger charge is 2.17. The zero-order valence-electron chi connectivity index (χ0n) is 10.8. The maximum absolute atomic E-state index is 5.44. The maximum atomic E-state index is 5.44. The molecule has 2 aromatic carbocycles. The van der Waals surface area contributed by atoms with Crippen molar-refractivity contribution in [2.45, 2.75) is 0 Å². The van der Waals surface area contributed by atoms with Gasteiger partial charge in [-0.3, -0.25) is 0 Å². The van der Waals surface area contributed by atoms with E-state index >= 15 is 0 Å². The third kappa shape index (κ3) is 1.68. The molecule has 0 atom stereocenters. The average molecular weight is 311 g/mol. The van der Waals surface area contributed by atoms with Crippen molar-refractivity contribution < 1.29 is 9.47 Å². The Hall–Kier alpha value is -2.11. The molecule has 0 unspecified atom stereocenters. The molecule has 1 aliphatic heterocycles. The van der Waals surface area contributed by atoms with Gasteiger partial charge < -0.3 is 9.47 Å². The fraction of sp³-hybridized carbons (Fsp3) is 0.0625. The minimum atomic E-state index is 0.302. The second-order valence-electron chi connectivity index (χ2n) is 4.82. The van der Waals surface area contributed by atoms with E-state index in [0.29, 0.717) is 6.79 Å². The zero-order valence-corrected chi connectivity index (χ0v) is 12.5. The van der Waals surface area contributed by atoms with Crippen molar-refractivity contribution in [1.29, 1.82) is 0 Å². The summed E-state index contributed by atoms with van der Waals surface area (Å²) in [4.78, 5) is 4.83. The summed E-state index contributed by atoms with van der Waals surface area (Å²) in [5.41, 5.74) is 2.19. The van der Waals surface area contributed by atoms with E-state index in [2.05, 4.69) is 24.3 Å². The molecule has 0 aliphatic carbocycles. The van der Waals surface area contributed by atoms with Crippen LogP contribution in [0.3, 0.4) is 0 Å². The number of nitrogens with zero attached hydrogens (tertiary/aromatic N) is 1. The minimum absolute atomic E-state index is 0.302. The molecule has 102 valence electrons. The number of thiazole rings is 1. The van der Waals surface area contributed by atoms with Crippen LogP contribution in [0.1, 0.15) is 0 Å². The monoisotopic (exact) mass is 311 g/mol. The van der Waals surface area contributed by atoms with E-state index in [9.17, 15) is 0 Å². The summed E-state index contributed by atoms with van der Waals surface area (Å²) in [7, 11) is 0. The Morgan fingerprint density at radius 2 is 1.86 bits per heavy atom. The molecule has 0 N–H and O–H groups in total. The SMILES string of the molecule is c1ccc2c(c1)sc1sc(-c3ccc4c(c3)OCO4)nc12. The molecule has 1 aliphatic rings. The van der Waals surface area contributed by atoms with Crippen molar-refractivity contribution in [3.63, 3.8) is 0 Å². The molecule has 5 heteroatoms. The van der Waals surface area contributed by atoms with Crippen molar-refractivity contribution >= 4 is 42.3 Å². The predicted octanol–water partition coefficient (Wildman–Crippen LogP) is 4.91. The fourth-order valence-corrected chi connectivity index (χ4v) is 4.91. The number of aromatic nitrogens is 1. The molecule has 2 aromatic heterocycles. The lowest BCUT2D eigenvalue weighted by Gasteiger charge is -1.99. The Morgan fingerprint density at radius 1 is 0.952 bits per heavy atom. The standard InChI is InChI=1S/C16H9NO2S2/c1-2-4-13-10(3-1)14-16(20-13)21-15(17-14)9-5-6-11-12(7-9)19-8-18-11/h1-7H,8H2. The Balaban J connectivity index is 1.70. The second kappa shape index (κ2) is 4.19. The van der Waals surface area contributed by atoms with Crippen LogP contribution < -0.4 is 9.47 Å². The lowest BCUT2D eigenvalue weighted by molar-refractivity contribution is 0.174. The Bertz CT molecular complexity index is 986. The summed E-state index contributed by atoms with van der Waals surface area (Å²) < 4.78 is 13.4. The van der Waals surface area contributed by atoms with E-state index < -0.39 is 0 Å². The normalized spacial score (nSPS) is 13.3. The summed E-state index contributed by atoms with van der Waals surface area (Å²) in [5, 5.41) is 2.26. The highest BCUT2D eigenvalue weighted by molar-refractivity contribution is 7.42. The summed E-state index contributed by atoms with van der Waals surface area (Å²) in [6, 6.07) is 14.4. The lowest BCUT2D eigenvalue weighted by Crippen LogP contribution is -1.92. The van der Waals surface area contributed by atoms with E-state index in [1.165, 1.54) is 14.1 Å². The van der Waals surface area contributed by atoms with Gasteiger partial charge in [0.15, 0.2) is 11.5 Å². The molecule has 4 aromatic rings. The van der Waals surface area contributed by atoms with E-state index in [1.54, 1.807) is 22.7 Å². The summed E-state index contributed by atoms with van der Waals surface area (Å²) in [6.45, 7) is 0.302. The molecule has 5 rings (SSSR count).